The van der Waals surface area contributed by atoms with E-state index in [2.05, 4.69) is 25.8 Å². The number of aromatic amines is 1. The van der Waals surface area contributed by atoms with Crippen molar-refractivity contribution in [3.63, 3.8) is 0 Å². The molecule has 4 aromatic rings. The lowest BCUT2D eigenvalue weighted by atomic mass is 9.98. The van der Waals surface area contributed by atoms with Crippen molar-refractivity contribution in [1.82, 2.24) is 9.88 Å². The second-order valence-corrected chi connectivity index (χ2v) is 10.9. The molecule has 208 valence electrons. The maximum atomic E-state index is 12.6. The normalized spacial score (nSPS) is 11.8. The van der Waals surface area contributed by atoms with Crippen molar-refractivity contribution in [2.45, 2.75) is 25.7 Å². The number of halogens is 1. The highest BCUT2D eigenvalue weighted by Crippen LogP contribution is 2.33. The molecule has 3 N–H and O–H groups in total. The standard InChI is InChI=1S/C31H33BrN4O4/c1-35(2)18-4-5-27(37)36(3)24-14-12-23(13-15-24)33-30(21-9-6-20(7-10-21)8-17-28(38)39)29-25-16-11-22(32)19-26(25)34-31(29)40/h6-7,9-16,19,34,40H,4-5,8,17-18H2,1-3H3,(H,38,39). The van der Waals surface area contributed by atoms with Crippen LogP contribution in [0.25, 0.3) is 10.9 Å². The van der Waals surface area contributed by atoms with Crippen LogP contribution < -0.4 is 4.90 Å². The van der Waals surface area contributed by atoms with Crippen LogP contribution in [0.2, 0.25) is 0 Å². The molecule has 0 aliphatic carbocycles. The zero-order valence-electron chi connectivity index (χ0n) is 22.8. The highest BCUT2D eigenvalue weighted by molar-refractivity contribution is 9.10. The number of aromatic nitrogens is 1. The van der Waals surface area contributed by atoms with E-state index in [0.717, 1.165) is 45.2 Å². The largest absolute Gasteiger partial charge is 0.494 e. The molecule has 9 heteroatoms. The minimum Gasteiger partial charge on any atom is -0.494 e. The predicted molar refractivity (Wildman–Crippen MR) is 163 cm³/mol. The van der Waals surface area contributed by atoms with Gasteiger partial charge in [-0.3, -0.25) is 9.59 Å². The molecule has 40 heavy (non-hydrogen) atoms. The number of aromatic hydroxyl groups is 1. The number of aliphatic carboxylic acids is 1. The zero-order chi connectivity index (χ0) is 28.8. The SMILES string of the molecule is CN(C)CCCC(=O)N(C)c1ccc(N=C(c2ccc(CCC(=O)O)cc2)c2c(O)[nH]c3cc(Br)ccc23)cc1. The number of carbonyl (C=O) groups excluding carboxylic acids is 1. The van der Waals surface area contributed by atoms with Gasteiger partial charge in [-0.2, -0.15) is 0 Å². The van der Waals surface area contributed by atoms with E-state index < -0.39 is 5.97 Å². The molecule has 0 atom stereocenters. The Labute approximate surface area is 242 Å². The van der Waals surface area contributed by atoms with Crippen molar-refractivity contribution in [2.75, 3.05) is 32.6 Å². The molecule has 1 amide bonds. The Balaban J connectivity index is 1.68. The van der Waals surface area contributed by atoms with Crippen molar-refractivity contribution in [1.29, 1.82) is 0 Å². The molecular formula is C31H33BrN4O4. The number of nitrogens with one attached hydrogen (secondary N) is 1. The van der Waals surface area contributed by atoms with E-state index in [1.54, 1.807) is 11.9 Å². The number of H-pyrrole nitrogens is 1. The minimum absolute atomic E-state index is 0.00137. The monoisotopic (exact) mass is 604 g/mol. The lowest BCUT2D eigenvalue weighted by molar-refractivity contribution is -0.137. The van der Waals surface area contributed by atoms with E-state index in [4.69, 9.17) is 10.1 Å². The number of aryl methyl sites for hydroxylation is 1. The van der Waals surface area contributed by atoms with Crippen LogP contribution in [0.15, 0.2) is 76.2 Å². The summed E-state index contributed by atoms with van der Waals surface area (Å²) in [5.41, 5.74) is 5.01. The van der Waals surface area contributed by atoms with Gasteiger partial charge in [0.15, 0.2) is 5.88 Å². The lowest BCUT2D eigenvalue weighted by Crippen LogP contribution is -2.27. The summed E-state index contributed by atoms with van der Waals surface area (Å²) in [5.74, 6) is -0.788. The summed E-state index contributed by atoms with van der Waals surface area (Å²) in [4.78, 5) is 35.3. The van der Waals surface area contributed by atoms with E-state index >= 15 is 0 Å². The number of carboxylic acids is 1. The second-order valence-electron chi connectivity index (χ2n) is 9.97. The van der Waals surface area contributed by atoms with Gasteiger partial charge in [-0.05, 0) is 75.4 Å². The second kappa shape index (κ2) is 12.9. The molecule has 0 fully saturated rings. The van der Waals surface area contributed by atoms with E-state index in [1.165, 1.54) is 0 Å². The molecule has 8 nitrogen and oxygen atoms in total. The van der Waals surface area contributed by atoms with Gasteiger partial charge < -0.3 is 25.0 Å². The molecule has 0 radical (unpaired) electrons. The van der Waals surface area contributed by atoms with Gasteiger partial charge >= 0.3 is 5.97 Å². The van der Waals surface area contributed by atoms with Crippen molar-refractivity contribution in [3.8, 4) is 5.88 Å². The van der Waals surface area contributed by atoms with Crippen molar-refractivity contribution < 1.29 is 19.8 Å². The lowest BCUT2D eigenvalue weighted by Gasteiger charge is -2.18. The van der Waals surface area contributed by atoms with Gasteiger partial charge in [0.2, 0.25) is 5.91 Å². The summed E-state index contributed by atoms with van der Waals surface area (Å²) in [6, 6.07) is 20.7. The third kappa shape index (κ3) is 7.16. The fourth-order valence-electron chi connectivity index (χ4n) is 4.48. The summed E-state index contributed by atoms with van der Waals surface area (Å²) < 4.78 is 0.880. The number of aliphatic imine (C=N–C) groups is 1. The first-order valence-electron chi connectivity index (χ1n) is 13.0. The molecular weight excluding hydrogens is 572 g/mol. The van der Waals surface area contributed by atoms with Crippen molar-refractivity contribution in [2.24, 2.45) is 4.99 Å². The van der Waals surface area contributed by atoms with Gasteiger partial charge in [0, 0.05) is 41.0 Å². The highest BCUT2D eigenvalue weighted by atomic mass is 79.9. The van der Waals surface area contributed by atoms with Crippen LogP contribution in [0, 0.1) is 0 Å². The van der Waals surface area contributed by atoms with Crippen LogP contribution in [0.1, 0.15) is 36.0 Å². The van der Waals surface area contributed by atoms with Gasteiger partial charge in [-0.25, -0.2) is 4.99 Å². The Bertz CT molecular complexity index is 1530. The highest BCUT2D eigenvalue weighted by Gasteiger charge is 2.19. The first kappa shape index (κ1) is 29.0. The Morgan fingerprint density at radius 3 is 2.30 bits per heavy atom. The molecule has 0 aliphatic heterocycles. The maximum absolute atomic E-state index is 12.6. The smallest absolute Gasteiger partial charge is 0.303 e. The number of fused-ring (bicyclic) bond motifs is 1. The Morgan fingerprint density at radius 2 is 1.65 bits per heavy atom. The number of hydrogen-bond acceptors (Lipinski definition) is 5. The van der Waals surface area contributed by atoms with Gasteiger partial charge in [0.1, 0.15) is 0 Å². The molecule has 0 aliphatic rings. The molecule has 0 bridgehead atoms. The quantitative estimate of drug-likeness (QED) is 0.178. The average molecular weight is 606 g/mol. The number of hydrogen-bond donors (Lipinski definition) is 3. The molecule has 3 aromatic carbocycles. The topological polar surface area (TPSA) is 109 Å². The molecule has 0 saturated heterocycles. The summed E-state index contributed by atoms with van der Waals surface area (Å²) in [5, 5.41) is 20.8. The van der Waals surface area contributed by atoms with E-state index in [0.29, 0.717) is 29.8 Å². The van der Waals surface area contributed by atoms with Crippen LogP contribution >= 0.6 is 15.9 Å². The van der Waals surface area contributed by atoms with E-state index in [9.17, 15) is 14.7 Å². The first-order chi connectivity index (χ1) is 19.1. The van der Waals surface area contributed by atoms with Crippen molar-refractivity contribution >= 4 is 55.8 Å². The van der Waals surface area contributed by atoms with Gasteiger partial charge in [-0.15, -0.1) is 0 Å². The van der Waals surface area contributed by atoms with Crippen LogP contribution in [-0.2, 0) is 16.0 Å². The number of anilines is 1. The fraction of sp³-hybridized carbons (Fsp3) is 0.258. The molecule has 0 unspecified atom stereocenters. The van der Waals surface area contributed by atoms with E-state index in [-0.39, 0.29) is 18.2 Å². The summed E-state index contributed by atoms with van der Waals surface area (Å²) in [6.45, 7) is 0.855. The number of rotatable bonds is 11. The zero-order valence-corrected chi connectivity index (χ0v) is 24.4. The average Bonchev–Trinajstić information content (AvgIpc) is 3.25. The Hall–Kier alpha value is -3.95. The van der Waals surface area contributed by atoms with Gasteiger partial charge in [0.05, 0.1) is 22.5 Å². The number of carbonyl (C=O) groups is 2. The first-order valence-corrected chi connectivity index (χ1v) is 13.8. The van der Waals surface area contributed by atoms with Crippen LogP contribution in [-0.4, -0.2) is 65.4 Å². The van der Waals surface area contributed by atoms with E-state index in [1.807, 2.05) is 80.8 Å². The number of benzene rings is 3. The number of carboxylic acid groups (broad SMARTS) is 1. The van der Waals surface area contributed by atoms with Gasteiger partial charge in [-0.1, -0.05) is 46.3 Å². The summed E-state index contributed by atoms with van der Waals surface area (Å²) in [6.07, 6.45) is 1.74. The molecule has 1 heterocycles. The molecule has 1 aromatic heterocycles. The third-order valence-corrected chi connectivity index (χ3v) is 7.17. The summed E-state index contributed by atoms with van der Waals surface area (Å²) in [7, 11) is 5.75. The van der Waals surface area contributed by atoms with Gasteiger partial charge in [0.25, 0.3) is 0 Å². The van der Waals surface area contributed by atoms with Crippen LogP contribution in [0.5, 0.6) is 5.88 Å². The number of nitrogens with zero attached hydrogens (tertiary/aromatic N) is 3. The molecule has 4 rings (SSSR count). The third-order valence-electron chi connectivity index (χ3n) is 6.68. The summed E-state index contributed by atoms with van der Waals surface area (Å²) >= 11 is 3.48. The maximum Gasteiger partial charge on any atom is 0.303 e. The molecule has 0 saturated carbocycles. The van der Waals surface area contributed by atoms with Crippen LogP contribution in [0.4, 0.5) is 11.4 Å². The van der Waals surface area contributed by atoms with Crippen LogP contribution in [0.3, 0.4) is 0 Å². The Kier molecular flexibility index (Phi) is 9.39. The van der Waals surface area contributed by atoms with Crippen molar-refractivity contribution in [3.05, 3.63) is 87.9 Å². The Morgan fingerprint density at radius 1 is 0.950 bits per heavy atom. The predicted octanol–water partition coefficient (Wildman–Crippen LogP) is 6.13. The fourth-order valence-corrected chi connectivity index (χ4v) is 4.84. The molecule has 0 spiro atoms. The minimum atomic E-state index is -0.842. The number of amides is 1.